The minimum atomic E-state index is -0.0721. The highest BCUT2D eigenvalue weighted by Crippen LogP contribution is 2.28. The first-order valence-electron chi connectivity index (χ1n) is 5.69. The topological polar surface area (TPSA) is 29.1 Å². The van der Waals surface area contributed by atoms with Gasteiger partial charge < -0.3 is 5.32 Å². The van der Waals surface area contributed by atoms with Gasteiger partial charge in [-0.3, -0.25) is 4.79 Å². The van der Waals surface area contributed by atoms with E-state index in [1.54, 1.807) is 0 Å². The average molecular weight is 238 g/mol. The van der Waals surface area contributed by atoms with Gasteiger partial charge in [0.1, 0.15) is 5.88 Å². The van der Waals surface area contributed by atoms with Crippen molar-refractivity contribution in [3.8, 4) is 0 Å². The minimum Gasteiger partial charge on any atom is -0.355 e. The fourth-order valence-corrected chi connectivity index (χ4v) is 2.41. The molecule has 0 bridgehead atoms. The molecule has 1 aliphatic carbocycles. The number of halogens is 1. The summed E-state index contributed by atoms with van der Waals surface area (Å²) in [6, 6.07) is 8.59. The molecule has 1 aromatic carbocycles. The summed E-state index contributed by atoms with van der Waals surface area (Å²) in [7, 11) is 0. The van der Waals surface area contributed by atoms with Gasteiger partial charge in [0, 0.05) is 6.54 Å². The summed E-state index contributed by atoms with van der Waals surface area (Å²) in [5, 5.41) is 2.82. The van der Waals surface area contributed by atoms with E-state index in [4.69, 9.17) is 11.6 Å². The highest BCUT2D eigenvalue weighted by molar-refractivity contribution is 6.27. The summed E-state index contributed by atoms with van der Waals surface area (Å²) in [5.41, 5.74) is 2.94. The standard InChI is InChI=1S/C13H16ClNO/c14-9-13(16)15-6-5-10-7-11-3-1-2-4-12(11)8-10/h1-4,10H,5-9H2,(H,15,16). The fourth-order valence-electron chi connectivity index (χ4n) is 2.32. The predicted octanol–water partition coefficient (Wildman–Crippen LogP) is 2.15. The molecular weight excluding hydrogens is 222 g/mol. The molecule has 0 unspecified atom stereocenters. The van der Waals surface area contributed by atoms with Crippen LogP contribution in [0.5, 0.6) is 0 Å². The minimum absolute atomic E-state index is 0.0604. The van der Waals surface area contributed by atoms with Gasteiger partial charge in [0.25, 0.3) is 0 Å². The van der Waals surface area contributed by atoms with Crippen molar-refractivity contribution in [2.75, 3.05) is 12.4 Å². The van der Waals surface area contributed by atoms with E-state index in [9.17, 15) is 4.79 Å². The molecule has 1 aromatic rings. The summed E-state index contributed by atoms with van der Waals surface area (Å²) < 4.78 is 0. The highest BCUT2D eigenvalue weighted by atomic mass is 35.5. The number of hydrogen-bond donors (Lipinski definition) is 1. The monoisotopic (exact) mass is 237 g/mol. The van der Waals surface area contributed by atoms with Gasteiger partial charge in [0.15, 0.2) is 0 Å². The van der Waals surface area contributed by atoms with Crippen LogP contribution in [0, 0.1) is 5.92 Å². The quantitative estimate of drug-likeness (QED) is 0.799. The van der Waals surface area contributed by atoms with Crippen molar-refractivity contribution in [1.29, 1.82) is 0 Å². The predicted molar refractivity (Wildman–Crippen MR) is 65.7 cm³/mol. The number of fused-ring (bicyclic) bond motifs is 1. The molecule has 16 heavy (non-hydrogen) atoms. The van der Waals surface area contributed by atoms with Crippen molar-refractivity contribution in [3.63, 3.8) is 0 Å². The second-order valence-electron chi connectivity index (χ2n) is 4.32. The van der Waals surface area contributed by atoms with Gasteiger partial charge in [0.2, 0.25) is 5.91 Å². The van der Waals surface area contributed by atoms with Gasteiger partial charge in [-0.1, -0.05) is 24.3 Å². The normalized spacial score (nSPS) is 14.8. The van der Waals surface area contributed by atoms with E-state index in [1.807, 2.05) is 0 Å². The van der Waals surface area contributed by atoms with Crippen LogP contribution in [0.25, 0.3) is 0 Å². The molecule has 0 heterocycles. The maximum absolute atomic E-state index is 11.0. The van der Waals surface area contributed by atoms with Crippen LogP contribution < -0.4 is 5.32 Å². The Morgan fingerprint density at radius 3 is 2.50 bits per heavy atom. The Balaban J connectivity index is 1.77. The zero-order valence-electron chi connectivity index (χ0n) is 9.21. The van der Waals surface area contributed by atoms with Gasteiger partial charge in [0.05, 0.1) is 0 Å². The van der Waals surface area contributed by atoms with Crippen LogP contribution in [0.4, 0.5) is 0 Å². The first-order chi connectivity index (χ1) is 7.79. The van der Waals surface area contributed by atoms with E-state index < -0.39 is 0 Å². The van der Waals surface area contributed by atoms with Crippen LogP contribution in [0.1, 0.15) is 17.5 Å². The molecule has 2 rings (SSSR count). The Labute approximate surface area is 101 Å². The van der Waals surface area contributed by atoms with Crippen LogP contribution in [0.15, 0.2) is 24.3 Å². The number of carbonyl (C=O) groups is 1. The lowest BCUT2D eigenvalue weighted by Crippen LogP contribution is -2.26. The molecule has 0 saturated heterocycles. The SMILES string of the molecule is O=C(CCl)NCCC1Cc2ccccc2C1. The Morgan fingerprint density at radius 2 is 1.94 bits per heavy atom. The molecule has 0 aliphatic heterocycles. The number of alkyl halides is 1. The third-order valence-electron chi connectivity index (χ3n) is 3.13. The van der Waals surface area contributed by atoms with Crippen molar-refractivity contribution in [3.05, 3.63) is 35.4 Å². The molecule has 86 valence electrons. The second kappa shape index (κ2) is 5.35. The summed E-state index contributed by atoms with van der Waals surface area (Å²) in [6.45, 7) is 0.740. The van der Waals surface area contributed by atoms with E-state index in [1.165, 1.54) is 11.1 Å². The first kappa shape index (κ1) is 11.5. The number of amides is 1. The average Bonchev–Trinajstić information content (AvgIpc) is 2.71. The lowest BCUT2D eigenvalue weighted by Gasteiger charge is -2.08. The molecule has 1 aliphatic rings. The maximum Gasteiger partial charge on any atom is 0.234 e. The molecule has 0 aromatic heterocycles. The van der Waals surface area contributed by atoms with E-state index in [2.05, 4.69) is 29.6 Å². The summed E-state index contributed by atoms with van der Waals surface area (Å²) in [6.07, 6.45) is 3.33. The molecular formula is C13H16ClNO. The fraction of sp³-hybridized carbons (Fsp3) is 0.462. The zero-order valence-corrected chi connectivity index (χ0v) is 9.96. The molecule has 0 fully saturated rings. The van der Waals surface area contributed by atoms with Crippen LogP contribution >= 0.6 is 11.6 Å². The van der Waals surface area contributed by atoms with Gasteiger partial charge >= 0.3 is 0 Å². The third kappa shape index (κ3) is 2.76. The molecule has 1 N–H and O–H groups in total. The van der Waals surface area contributed by atoms with Crippen LogP contribution in [0.3, 0.4) is 0 Å². The van der Waals surface area contributed by atoms with E-state index in [0.717, 1.165) is 25.8 Å². The van der Waals surface area contributed by atoms with Crippen LogP contribution in [-0.2, 0) is 17.6 Å². The van der Waals surface area contributed by atoms with Gasteiger partial charge in [-0.15, -0.1) is 11.6 Å². The number of nitrogens with one attached hydrogen (secondary N) is 1. The van der Waals surface area contributed by atoms with Crippen molar-refractivity contribution in [2.45, 2.75) is 19.3 Å². The van der Waals surface area contributed by atoms with Crippen molar-refractivity contribution >= 4 is 17.5 Å². The van der Waals surface area contributed by atoms with Crippen LogP contribution in [-0.4, -0.2) is 18.3 Å². The lowest BCUT2D eigenvalue weighted by molar-refractivity contribution is -0.118. The largest absolute Gasteiger partial charge is 0.355 e. The molecule has 1 amide bonds. The molecule has 2 nitrogen and oxygen atoms in total. The molecule has 0 saturated carbocycles. The Bertz CT molecular complexity index is 353. The first-order valence-corrected chi connectivity index (χ1v) is 6.22. The Hall–Kier alpha value is -1.02. The van der Waals surface area contributed by atoms with E-state index in [0.29, 0.717) is 5.92 Å². The second-order valence-corrected chi connectivity index (χ2v) is 4.58. The maximum atomic E-state index is 11.0. The van der Waals surface area contributed by atoms with Gasteiger partial charge in [-0.25, -0.2) is 0 Å². The highest BCUT2D eigenvalue weighted by Gasteiger charge is 2.20. The number of hydrogen-bond acceptors (Lipinski definition) is 1. The number of rotatable bonds is 4. The van der Waals surface area contributed by atoms with E-state index in [-0.39, 0.29) is 11.8 Å². The molecule has 0 spiro atoms. The zero-order chi connectivity index (χ0) is 11.4. The summed E-state index contributed by atoms with van der Waals surface area (Å²) in [5.74, 6) is 0.662. The molecule has 3 heteroatoms. The van der Waals surface area contributed by atoms with E-state index >= 15 is 0 Å². The Morgan fingerprint density at radius 1 is 1.31 bits per heavy atom. The number of carbonyl (C=O) groups excluding carboxylic acids is 1. The van der Waals surface area contributed by atoms with Gasteiger partial charge in [-0.05, 0) is 36.3 Å². The van der Waals surface area contributed by atoms with Gasteiger partial charge in [-0.2, -0.15) is 0 Å². The Kier molecular flexibility index (Phi) is 3.83. The lowest BCUT2D eigenvalue weighted by atomic mass is 10.0. The van der Waals surface area contributed by atoms with Crippen molar-refractivity contribution in [2.24, 2.45) is 5.92 Å². The summed E-state index contributed by atoms with van der Waals surface area (Å²) in [4.78, 5) is 11.0. The molecule has 0 atom stereocenters. The molecule has 0 radical (unpaired) electrons. The summed E-state index contributed by atoms with van der Waals surface area (Å²) >= 11 is 5.41. The number of benzene rings is 1. The smallest absolute Gasteiger partial charge is 0.234 e. The van der Waals surface area contributed by atoms with Crippen LogP contribution in [0.2, 0.25) is 0 Å². The van der Waals surface area contributed by atoms with Crippen molar-refractivity contribution < 1.29 is 4.79 Å². The van der Waals surface area contributed by atoms with Crippen molar-refractivity contribution in [1.82, 2.24) is 5.32 Å². The third-order valence-corrected chi connectivity index (χ3v) is 3.37.